The maximum Gasteiger partial charge on any atom is 0.230 e. The zero-order valence-corrected chi connectivity index (χ0v) is 19.3. The summed E-state index contributed by atoms with van der Waals surface area (Å²) >= 11 is 2.25. The summed E-state index contributed by atoms with van der Waals surface area (Å²) in [7, 11) is 1.67. The Labute approximate surface area is 185 Å². The number of methoxy groups -OCH3 is 1. The minimum atomic E-state index is -1.00. The third-order valence-corrected chi connectivity index (χ3v) is 6.71. The molecule has 4 rings (SSSR count). The van der Waals surface area contributed by atoms with Gasteiger partial charge in [0.25, 0.3) is 0 Å². The maximum absolute atomic E-state index is 14.4. The molecule has 1 aromatic heterocycles. The highest BCUT2D eigenvalue weighted by Gasteiger charge is 2.28. The van der Waals surface area contributed by atoms with E-state index in [-0.39, 0.29) is 0 Å². The van der Waals surface area contributed by atoms with Crippen LogP contribution in [-0.2, 0) is 0 Å². The Balaban J connectivity index is 1.66. The van der Waals surface area contributed by atoms with E-state index in [1.165, 1.54) is 6.42 Å². The second-order valence-corrected chi connectivity index (χ2v) is 9.07. The van der Waals surface area contributed by atoms with Gasteiger partial charge in [-0.25, -0.2) is 9.37 Å². The smallest absolute Gasteiger partial charge is 0.230 e. The number of likely N-dealkylation sites (tertiary alicyclic amines) is 1. The van der Waals surface area contributed by atoms with Crippen LogP contribution in [0, 0.1) is 3.57 Å². The molecule has 2 fully saturated rings. The molecule has 1 aromatic carbocycles. The maximum atomic E-state index is 14.4. The SMILES string of the molecule is CCCN1CCC(Nc2nc(N3CCCC3F)nc3cc(I)c(OC)cc23)CC1. The Kier molecular flexibility index (Phi) is 6.58. The highest BCUT2D eigenvalue weighted by atomic mass is 127. The van der Waals surface area contributed by atoms with Crippen LogP contribution in [0.3, 0.4) is 0 Å². The molecule has 0 bridgehead atoms. The zero-order valence-electron chi connectivity index (χ0n) is 17.1. The van der Waals surface area contributed by atoms with Crippen LogP contribution in [0.1, 0.15) is 39.0 Å². The fraction of sp³-hybridized carbons (Fsp3) is 0.619. The molecular formula is C21H29FIN5O. The number of anilines is 2. The van der Waals surface area contributed by atoms with Crippen molar-refractivity contribution < 1.29 is 9.13 Å². The molecule has 2 aliphatic rings. The third kappa shape index (κ3) is 4.52. The Bertz CT molecular complexity index is 859. The molecule has 1 atom stereocenters. The first kappa shape index (κ1) is 20.8. The van der Waals surface area contributed by atoms with Gasteiger partial charge in [-0.2, -0.15) is 4.98 Å². The van der Waals surface area contributed by atoms with Crippen LogP contribution < -0.4 is 15.0 Å². The Morgan fingerprint density at radius 2 is 2.00 bits per heavy atom. The first-order chi connectivity index (χ1) is 14.1. The zero-order chi connectivity index (χ0) is 20.4. The highest BCUT2D eigenvalue weighted by molar-refractivity contribution is 14.1. The van der Waals surface area contributed by atoms with Crippen molar-refractivity contribution in [3.63, 3.8) is 0 Å². The van der Waals surface area contributed by atoms with E-state index in [9.17, 15) is 4.39 Å². The summed E-state index contributed by atoms with van der Waals surface area (Å²) < 4.78 is 20.9. The van der Waals surface area contributed by atoms with Crippen LogP contribution in [0.2, 0.25) is 0 Å². The van der Waals surface area contributed by atoms with Gasteiger partial charge in [0.2, 0.25) is 5.95 Å². The Hall–Kier alpha value is -1.42. The Morgan fingerprint density at radius 1 is 1.21 bits per heavy atom. The summed E-state index contributed by atoms with van der Waals surface area (Å²) in [6, 6.07) is 4.35. The van der Waals surface area contributed by atoms with Gasteiger partial charge in [0, 0.05) is 31.1 Å². The molecule has 0 spiro atoms. The van der Waals surface area contributed by atoms with E-state index in [2.05, 4.69) is 39.7 Å². The van der Waals surface area contributed by atoms with Crippen LogP contribution >= 0.6 is 22.6 Å². The number of aromatic nitrogens is 2. The number of fused-ring (bicyclic) bond motifs is 1. The first-order valence-electron chi connectivity index (χ1n) is 10.5. The molecule has 0 radical (unpaired) electrons. The molecule has 6 nitrogen and oxygen atoms in total. The molecule has 2 saturated heterocycles. The fourth-order valence-corrected chi connectivity index (χ4v) is 4.95. The van der Waals surface area contributed by atoms with Crippen LogP contribution in [0.4, 0.5) is 16.2 Å². The summed E-state index contributed by atoms with van der Waals surface area (Å²) in [6.07, 6.45) is 3.73. The Morgan fingerprint density at radius 3 is 2.66 bits per heavy atom. The molecule has 3 heterocycles. The van der Waals surface area contributed by atoms with E-state index in [1.807, 2.05) is 12.1 Å². The topological polar surface area (TPSA) is 53.5 Å². The van der Waals surface area contributed by atoms with Crippen molar-refractivity contribution in [3.8, 4) is 5.75 Å². The van der Waals surface area contributed by atoms with E-state index >= 15 is 0 Å². The van der Waals surface area contributed by atoms with Crippen molar-refractivity contribution in [2.45, 2.75) is 51.4 Å². The lowest BCUT2D eigenvalue weighted by molar-refractivity contribution is 0.219. The van der Waals surface area contributed by atoms with Crippen molar-refractivity contribution >= 4 is 45.3 Å². The van der Waals surface area contributed by atoms with E-state index in [1.54, 1.807) is 12.0 Å². The number of benzene rings is 1. The number of hydrogen-bond acceptors (Lipinski definition) is 6. The molecular weight excluding hydrogens is 484 g/mol. The third-order valence-electron chi connectivity index (χ3n) is 5.86. The van der Waals surface area contributed by atoms with E-state index in [4.69, 9.17) is 14.7 Å². The number of piperidine rings is 1. The summed E-state index contributed by atoms with van der Waals surface area (Å²) in [4.78, 5) is 13.7. The number of alkyl halides is 1. The van der Waals surface area contributed by atoms with E-state index < -0.39 is 6.30 Å². The van der Waals surface area contributed by atoms with Gasteiger partial charge in [-0.05, 0) is 73.4 Å². The second-order valence-electron chi connectivity index (χ2n) is 7.91. The lowest BCUT2D eigenvalue weighted by Crippen LogP contribution is -2.39. The summed E-state index contributed by atoms with van der Waals surface area (Å²) in [6.45, 7) is 6.25. The van der Waals surface area contributed by atoms with Crippen LogP contribution in [-0.4, -0.2) is 60.5 Å². The number of nitrogens with one attached hydrogen (secondary N) is 1. The number of hydrogen-bond donors (Lipinski definition) is 1. The van der Waals surface area contributed by atoms with Crippen molar-refractivity contribution in [3.05, 3.63) is 15.7 Å². The number of ether oxygens (including phenoxy) is 1. The van der Waals surface area contributed by atoms with Gasteiger partial charge in [0.15, 0.2) is 6.30 Å². The number of halogens is 2. The minimum Gasteiger partial charge on any atom is -0.496 e. The molecule has 1 N–H and O–H groups in total. The molecule has 8 heteroatoms. The van der Waals surface area contributed by atoms with Crippen LogP contribution in [0.25, 0.3) is 10.9 Å². The van der Waals surface area contributed by atoms with Crippen molar-refractivity contribution in [1.82, 2.24) is 14.9 Å². The van der Waals surface area contributed by atoms with Crippen LogP contribution in [0.15, 0.2) is 12.1 Å². The molecule has 29 heavy (non-hydrogen) atoms. The highest BCUT2D eigenvalue weighted by Crippen LogP contribution is 2.34. The standard InChI is InChI=1S/C21H29FIN5O/c1-3-8-27-10-6-14(7-11-27)24-20-15-12-18(29-2)16(23)13-17(15)25-21(26-20)28-9-4-5-19(28)22/h12-14,19H,3-11H2,1-2H3,(H,24,25,26). The lowest BCUT2D eigenvalue weighted by atomic mass is 10.0. The average molecular weight is 513 g/mol. The molecule has 0 aliphatic carbocycles. The normalized spacial score (nSPS) is 21.1. The first-order valence-corrected chi connectivity index (χ1v) is 11.6. The van der Waals surface area contributed by atoms with Gasteiger partial charge in [0.05, 0.1) is 16.2 Å². The van der Waals surface area contributed by atoms with Gasteiger partial charge < -0.3 is 19.9 Å². The van der Waals surface area contributed by atoms with Crippen molar-refractivity contribution in [1.29, 1.82) is 0 Å². The summed E-state index contributed by atoms with van der Waals surface area (Å²) in [5, 5.41) is 4.58. The van der Waals surface area contributed by atoms with Gasteiger partial charge in [0.1, 0.15) is 11.6 Å². The van der Waals surface area contributed by atoms with Crippen LogP contribution in [0.5, 0.6) is 5.75 Å². The number of nitrogens with zero attached hydrogens (tertiary/aromatic N) is 4. The van der Waals surface area contributed by atoms with E-state index in [0.29, 0.717) is 25.0 Å². The fourth-order valence-electron chi connectivity index (χ4n) is 4.27. The van der Waals surface area contributed by atoms with Crippen molar-refractivity contribution in [2.24, 2.45) is 0 Å². The minimum absolute atomic E-state index is 0.360. The monoisotopic (exact) mass is 513 g/mol. The predicted octanol–water partition coefficient (Wildman–Crippen LogP) is 4.43. The lowest BCUT2D eigenvalue weighted by Gasteiger charge is -2.32. The molecule has 158 valence electrons. The predicted molar refractivity (Wildman–Crippen MR) is 124 cm³/mol. The molecule has 1 unspecified atom stereocenters. The summed E-state index contributed by atoms with van der Waals surface area (Å²) in [5.74, 6) is 2.07. The van der Waals surface area contributed by atoms with Gasteiger partial charge >= 0.3 is 0 Å². The second kappa shape index (κ2) is 9.16. The average Bonchev–Trinajstić information content (AvgIpc) is 3.15. The molecule has 0 amide bonds. The largest absolute Gasteiger partial charge is 0.496 e. The molecule has 2 aromatic rings. The van der Waals surface area contributed by atoms with E-state index in [0.717, 1.165) is 64.9 Å². The molecule has 2 aliphatic heterocycles. The van der Waals surface area contributed by atoms with Gasteiger partial charge in [-0.15, -0.1) is 0 Å². The quantitative estimate of drug-likeness (QED) is 0.456. The van der Waals surface area contributed by atoms with Gasteiger partial charge in [-0.3, -0.25) is 0 Å². The van der Waals surface area contributed by atoms with Crippen molar-refractivity contribution in [2.75, 3.05) is 43.5 Å². The summed E-state index contributed by atoms with van der Waals surface area (Å²) in [5.41, 5.74) is 0.824. The molecule has 0 saturated carbocycles. The number of rotatable bonds is 6. The van der Waals surface area contributed by atoms with Gasteiger partial charge in [-0.1, -0.05) is 6.92 Å².